The summed E-state index contributed by atoms with van der Waals surface area (Å²) in [7, 11) is 6.08. The van der Waals surface area contributed by atoms with E-state index in [4.69, 9.17) is 9.97 Å². The molecule has 12 nitrogen and oxygen atoms in total. The van der Waals surface area contributed by atoms with Crippen LogP contribution in [0.3, 0.4) is 0 Å². The molecule has 2 aliphatic heterocycles. The fourth-order valence-electron chi connectivity index (χ4n) is 5.15. The van der Waals surface area contributed by atoms with E-state index in [1.54, 1.807) is 12.3 Å². The van der Waals surface area contributed by atoms with Crippen molar-refractivity contribution in [3.63, 3.8) is 0 Å². The molecule has 0 radical (unpaired) electrons. The Bertz CT molecular complexity index is 1330. The number of benzene rings is 1. The number of non-ortho nitro benzene ring substituents is 1. The Hall–Kier alpha value is -3.98. The highest BCUT2D eigenvalue weighted by atomic mass is 16.6. The number of nitrogens with one attached hydrogen (secondary N) is 1. The molecule has 0 bridgehead atoms. The highest BCUT2D eigenvalue weighted by Gasteiger charge is 2.28. The third-order valence-corrected chi connectivity index (χ3v) is 7.17. The van der Waals surface area contributed by atoms with Gasteiger partial charge in [-0.2, -0.15) is 10.2 Å². The number of hydrogen-bond donors (Lipinski definition) is 1. The number of nitriles is 1. The monoisotopic (exact) mass is 490 g/mol. The molecule has 5 rings (SSSR count). The maximum absolute atomic E-state index is 11.2. The molecule has 12 heteroatoms. The molecule has 4 heterocycles. The van der Waals surface area contributed by atoms with Gasteiger partial charge in [0, 0.05) is 57.4 Å². The molecule has 0 aliphatic carbocycles. The predicted octanol–water partition coefficient (Wildman–Crippen LogP) is 2.36. The maximum atomic E-state index is 11.2. The number of piperidine rings is 1. The third-order valence-electron chi connectivity index (χ3n) is 7.17. The van der Waals surface area contributed by atoms with E-state index in [1.165, 1.54) is 12.1 Å². The van der Waals surface area contributed by atoms with Gasteiger partial charge in [-0.05, 0) is 39.4 Å². The average molecular weight is 491 g/mol. The molecular formula is C24H30N10O2. The molecule has 0 spiro atoms. The van der Waals surface area contributed by atoms with Gasteiger partial charge < -0.3 is 24.6 Å². The molecule has 1 aromatic carbocycles. The first-order chi connectivity index (χ1) is 17.3. The number of hydrogen-bond acceptors (Lipinski definition) is 10. The van der Waals surface area contributed by atoms with Crippen LogP contribution in [0.25, 0.3) is 11.0 Å². The van der Waals surface area contributed by atoms with Crippen LogP contribution in [-0.2, 0) is 7.05 Å². The van der Waals surface area contributed by atoms with Crippen molar-refractivity contribution in [2.75, 3.05) is 55.4 Å². The van der Waals surface area contributed by atoms with Crippen LogP contribution < -0.4 is 15.1 Å². The van der Waals surface area contributed by atoms with E-state index in [0.29, 0.717) is 35.4 Å². The lowest BCUT2D eigenvalue weighted by molar-refractivity contribution is -0.384. The van der Waals surface area contributed by atoms with E-state index >= 15 is 0 Å². The standard InChI is InChI=1S/C24H30N10O2/c1-30(2)19-8-10-32(15-19)22-16(12-25)13-26-23(29-22)27-17-5-4-9-33(14-17)24-28-20-11-18(34(35)36)6-7-21(20)31(24)3/h6-7,11,13,17,19H,4-5,8-10,14-15H2,1-3H3,(H,26,27,29)/t17-,19-/m1/s1. The van der Waals surface area contributed by atoms with Crippen LogP contribution in [0.2, 0.25) is 0 Å². The van der Waals surface area contributed by atoms with E-state index in [2.05, 4.69) is 45.2 Å². The van der Waals surface area contributed by atoms with Crippen molar-refractivity contribution in [3.05, 3.63) is 40.1 Å². The number of nitro groups is 1. The topological polar surface area (TPSA) is 132 Å². The van der Waals surface area contributed by atoms with Gasteiger partial charge in [-0.15, -0.1) is 0 Å². The first kappa shape index (κ1) is 23.7. The van der Waals surface area contributed by atoms with Crippen LogP contribution in [0.1, 0.15) is 24.8 Å². The number of nitrogens with zero attached hydrogens (tertiary/aromatic N) is 9. The first-order valence-electron chi connectivity index (χ1n) is 12.1. The molecule has 2 aromatic heterocycles. The second-order valence-corrected chi connectivity index (χ2v) is 9.73. The zero-order valence-corrected chi connectivity index (χ0v) is 20.8. The quantitative estimate of drug-likeness (QED) is 0.405. The van der Waals surface area contributed by atoms with Crippen LogP contribution in [0.15, 0.2) is 24.4 Å². The maximum Gasteiger partial charge on any atom is 0.271 e. The normalized spacial score (nSPS) is 20.2. The number of nitro benzene ring substituents is 1. The summed E-state index contributed by atoms with van der Waals surface area (Å²) in [5.74, 6) is 1.99. The molecule has 3 aromatic rings. The van der Waals surface area contributed by atoms with Gasteiger partial charge in [0.15, 0.2) is 5.82 Å². The Morgan fingerprint density at radius 1 is 1.19 bits per heavy atom. The van der Waals surface area contributed by atoms with Crippen LogP contribution in [0.4, 0.5) is 23.4 Å². The van der Waals surface area contributed by atoms with E-state index in [0.717, 1.165) is 50.4 Å². The predicted molar refractivity (Wildman–Crippen MR) is 137 cm³/mol. The van der Waals surface area contributed by atoms with Gasteiger partial charge in [0.25, 0.3) is 5.69 Å². The summed E-state index contributed by atoms with van der Waals surface area (Å²) < 4.78 is 1.98. The van der Waals surface area contributed by atoms with Gasteiger partial charge in [-0.25, -0.2) is 9.97 Å². The Balaban J connectivity index is 1.33. The van der Waals surface area contributed by atoms with E-state index < -0.39 is 4.92 Å². The zero-order valence-electron chi connectivity index (χ0n) is 20.8. The number of likely N-dealkylation sites (N-methyl/N-ethyl adjacent to an activating group) is 1. The fourth-order valence-corrected chi connectivity index (χ4v) is 5.15. The Labute approximate surface area is 209 Å². The number of fused-ring (bicyclic) bond motifs is 1. The van der Waals surface area contributed by atoms with Crippen molar-refractivity contribution in [1.29, 1.82) is 5.26 Å². The van der Waals surface area contributed by atoms with E-state index in [9.17, 15) is 15.4 Å². The number of anilines is 3. The molecule has 0 saturated carbocycles. The molecule has 188 valence electrons. The van der Waals surface area contributed by atoms with Crippen LogP contribution in [0.5, 0.6) is 0 Å². The van der Waals surface area contributed by atoms with Crippen LogP contribution in [-0.4, -0.2) is 81.7 Å². The summed E-state index contributed by atoms with van der Waals surface area (Å²) in [5.41, 5.74) is 1.99. The Morgan fingerprint density at radius 3 is 2.75 bits per heavy atom. The molecule has 2 fully saturated rings. The Kier molecular flexibility index (Phi) is 6.32. The summed E-state index contributed by atoms with van der Waals surface area (Å²) in [6.07, 6.45) is 4.55. The van der Waals surface area contributed by atoms with Gasteiger partial charge in [-0.1, -0.05) is 0 Å². The smallest absolute Gasteiger partial charge is 0.271 e. The van der Waals surface area contributed by atoms with Crippen molar-refractivity contribution in [2.45, 2.75) is 31.3 Å². The molecule has 0 unspecified atom stereocenters. The second kappa shape index (κ2) is 9.58. The van der Waals surface area contributed by atoms with Crippen molar-refractivity contribution in [1.82, 2.24) is 24.4 Å². The summed E-state index contributed by atoms with van der Waals surface area (Å²) in [6, 6.07) is 7.54. The minimum Gasteiger partial charge on any atom is -0.354 e. The summed E-state index contributed by atoms with van der Waals surface area (Å²) in [5, 5.41) is 24.3. The summed E-state index contributed by atoms with van der Waals surface area (Å²) in [6.45, 7) is 3.23. The lowest BCUT2D eigenvalue weighted by atomic mass is 10.1. The van der Waals surface area contributed by atoms with Gasteiger partial charge in [0.2, 0.25) is 11.9 Å². The van der Waals surface area contributed by atoms with E-state index in [1.807, 2.05) is 11.6 Å². The highest BCUT2D eigenvalue weighted by Crippen LogP contribution is 2.28. The van der Waals surface area contributed by atoms with Gasteiger partial charge >= 0.3 is 0 Å². The lowest BCUT2D eigenvalue weighted by Gasteiger charge is -2.34. The molecule has 2 saturated heterocycles. The second-order valence-electron chi connectivity index (χ2n) is 9.73. The van der Waals surface area contributed by atoms with Crippen molar-refractivity contribution < 1.29 is 4.92 Å². The van der Waals surface area contributed by atoms with Crippen molar-refractivity contribution in [3.8, 4) is 6.07 Å². The van der Waals surface area contributed by atoms with Crippen LogP contribution in [0, 0.1) is 21.4 Å². The average Bonchev–Trinajstić information content (AvgIpc) is 3.49. The largest absolute Gasteiger partial charge is 0.354 e. The molecule has 1 N–H and O–H groups in total. The SMILES string of the molecule is CN(C)[C@@H]1CCN(c2nc(N[C@@H]3CCCN(c4nc5cc([N+](=O)[O-])ccc5n4C)C3)ncc2C#N)C1. The minimum absolute atomic E-state index is 0.0361. The lowest BCUT2D eigenvalue weighted by Crippen LogP contribution is -2.43. The summed E-state index contributed by atoms with van der Waals surface area (Å²) in [4.78, 5) is 31.2. The van der Waals surface area contributed by atoms with Crippen molar-refractivity contribution >= 4 is 34.4 Å². The molecular weight excluding hydrogens is 460 g/mol. The molecule has 36 heavy (non-hydrogen) atoms. The highest BCUT2D eigenvalue weighted by molar-refractivity contribution is 5.81. The Morgan fingerprint density at radius 2 is 2.03 bits per heavy atom. The van der Waals surface area contributed by atoms with Gasteiger partial charge in [0.1, 0.15) is 11.6 Å². The number of rotatable bonds is 6. The number of imidazole rings is 1. The number of aromatic nitrogens is 4. The zero-order chi connectivity index (χ0) is 25.4. The molecule has 0 amide bonds. The third kappa shape index (κ3) is 4.49. The minimum atomic E-state index is -0.400. The van der Waals surface area contributed by atoms with Crippen LogP contribution >= 0.6 is 0 Å². The first-order valence-corrected chi connectivity index (χ1v) is 12.1. The van der Waals surface area contributed by atoms with Gasteiger partial charge in [0.05, 0.1) is 22.2 Å². The fraction of sp³-hybridized carbons (Fsp3) is 0.500. The molecule has 2 aliphatic rings. The summed E-state index contributed by atoms with van der Waals surface area (Å²) >= 11 is 0. The van der Waals surface area contributed by atoms with Gasteiger partial charge in [-0.3, -0.25) is 10.1 Å². The van der Waals surface area contributed by atoms with Crippen molar-refractivity contribution in [2.24, 2.45) is 7.05 Å². The number of aryl methyl sites for hydroxylation is 1. The van der Waals surface area contributed by atoms with E-state index in [-0.39, 0.29) is 11.7 Å². The molecule has 2 atom stereocenters.